The molecule has 1 heterocycles. The minimum Gasteiger partial charge on any atom is -0.497 e. The second-order valence-electron chi connectivity index (χ2n) is 4.52. The van der Waals surface area contributed by atoms with Gasteiger partial charge in [-0.15, -0.1) is 0 Å². The minimum absolute atomic E-state index is 0.866. The van der Waals surface area contributed by atoms with Crippen molar-refractivity contribution in [3.05, 3.63) is 72.1 Å². The van der Waals surface area contributed by atoms with E-state index in [9.17, 15) is 0 Å². The van der Waals surface area contributed by atoms with Crippen LogP contribution in [0.15, 0.2) is 60.8 Å². The van der Waals surface area contributed by atoms with Gasteiger partial charge in [-0.05, 0) is 35.2 Å². The Morgan fingerprint density at radius 1 is 0.900 bits per heavy atom. The van der Waals surface area contributed by atoms with Crippen LogP contribution >= 0.6 is 0 Å². The van der Waals surface area contributed by atoms with Crippen molar-refractivity contribution < 1.29 is 4.74 Å². The minimum atomic E-state index is 0.866. The van der Waals surface area contributed by atoms with Crippen LogP contribution in [0.25, 0.3) is 22.9 Å². The summed E-state index contributed by atoms with van der Waals surface area (Å²) in [7, 11) is 1.67. The predicted molar refractivity (Wildman–Crippen MR) is 83.7 cm³/mol. The molecule has 3 aromatic rings. The highest BCUT2D eigenvalue weighted by molar-refractivity contribution is 5.90. The van der Waals surface area contributed by atoms with E-state index in [2.05, 4.69) is 23.2 Å². The first-order valence-electron chi connectivity index (χ1n) is 6.53. The molecular weight excluding hydrogens is 246 g/mol. The standard InChI is InChI=1S/C18H15NO/c1-20-16-9-6-14(7-10-16)8-11-18-17-5-3-2-4-15(17)12-13-19-18/h2-13H,1H3/b11-8+. The van der Waals surface area contributed by atoms with Gasteiger partial charge in [0.2, 0.25) is 0 Å². The zero-order chi connectivity index (χ0) is 13.8. The number of pyridine rings is 1. The van der Waals surface area contributed by atoms with E-state index >= 15 is 0 Å². The molecule has 0 aliphatic carbocycles. The zero-order valence-electron chi connectivity index (χ0n) is 11.3. The molecule has 0 aliphatic heterocycles. The number of hydrogen-bond acceptors (Lipinski definition) is 2. The Morgan fingerprint density at radius 3 is 2.50 bits per heavy atom. The molecule has 2 heteroatoms. The van der Waals surface area contributed by atoms with Gasteiger partial charge in [0, 0.05) is 11.6 Å². The number of methoxy groups -OCH3 is 1. The summed E-state index contributed by atoms with van der Waals surface area (Å²) in [6, 6.07) is 18.3. The molecule has 2 nitrogen and oxygen atoms in total. The van der Waals surface area contributed by atoms with Crippen molar-refractivity contribution in [2.24, 2.45) is 0 Å². The Bertz CT molecular complexity index is 739. The third-order valence-electron chi connectivity index (χ3n) is 3.25. The highest BCUT2D eigenvalue weighted by atomic mass is 16.5. The van der Waals surface area contributed by atoms with Crippen LogP contribution in [-0.4, -0.2) is 12.1 Å². The summed E-state index contributed by atoms with van der Waals surface area (Å²) < 4.78 is 5.15. The van der Waals surface area contributed by atoms with E-state index in [-0.39, 0.29) is 0 Å². The average molecular weight is 261 g/mol. The Kier molecular flexibility index (Phi) is 3.46. The van der Waals surface area contributed by atoms with E-state index in [4.69, 9.17) is 4.74 Å². The molecule has 1 aromatic heterocycles. The molecule has 20 heavy (non-hydrogen) atoms. The van der Waals surface area contributed by atoms with Crippen molar-refractivity contribution in [3.63, 3.8) is 0 Å². The summed E-state index contributed by atoms with van der Waals surface area (Å²) in [6.07, 6.45) is 5.95. The number of benzene rings is 2. The van der Waals surface area contributed by atoms with Crippen LogP contribution in [0.3, 0.4) is 0 Å². The highest BCUT2D eigenvalue weighted by Gasteiger charge is 1.98. The predicted octanol–water partition coefficient (Wildman–Crippen LogP) is 4.41. The summed E-state index contributed by atoms with van der Waals surface area (Å²) in [6.45, 7) is 0. The van der Waals surface area contributed by atoms with Crippen LogP contribution in [-0.2, 0) is 0 Å². The molecule has 0 bridgehead atoms. The molecule has 0 amide bonds. The van der Waals surface area contributed by atoms with Crippen molar-refractivity contribution in [2.45, 2.75) is 0 Å². The second-order valence-corrected chi connectivity index (χ2v) is 4.52. The fourth-order valence-electron chi connectivity index (χ4n) is 2.17. The lowest BCUT2D eigenvalue weighted by Gasteiger charge is -2.01. The van der Waals surface area contributed by atoms with Gasteiger partial charge in [0.25, 0.3) is 0 Å². The van der Waals surface area contributed by atoms with E-state index < -0.39 is 0 Å². The number of aromatic nitrogens is 1. The smallest absolute Gasteiger partial charge is 0.118 e. The number of nitrogens with zero attached hydrogens (tertiary/aromatic N) is 1. The van der Waals surface area contributed by atoms with Gasteiger partial charge in [-0.25, -0.2) is 0 Å². The Morgan fingerprint density at radius 2 is 1.70 bits per heavy atom. The number of rotatable bonds is 3. The first-order chi connectivity index (χ1) is 9.86. The summed E-state index contributed by atoms with van der Waals surface area (Å²) in [5, 5.41) is 2.37. The molecule has 0 saturated carbocycles. The molecule has 2 aromatic carbocycles. The average Bonchev–Trinajstić information content (AvgIpc) is 2.53. The molecule has 0 aliphatic rings. The largest absolute Gasteiger partial charge is 0.497 e. The molecule has 0 spiro atoms. The van der Waals surface area contributed by atoms with Crippen LogP contribution in [0, 0.1) is 0 Å². The maximum atomic E-state index is 5.15. The second kappa shape index (κ2) is 5.57. The topological polar surface area (TPSA) is 22.1 Å². The summed E-state index contributed by atoms with van der Waals surface area (Å²) in [4.78, 5) is 4.44. The van der Waals surface area contributed by atoms with Crippen LogP contribution in [0.4, 0.5) is 0 Å². The van der Waals surface area contributed by atoms with Gasteiger partial charge in [-0.2, -0.15) is 0 Å². The first kappa shape index (κ1) is 12.4. The van der Waals surface area contributed by atoms with Crippen molar-refractivity contribution >= 4 is 22.9 Å². The monoisotopic (exact) mass is 261 g/mol. The lowest BCUT2D eigenvalue weighted by Crippen LogP contribution is -1.83. The van der Waals surface area contributed by atoms with Crippen LogP contribution in [0.2, 0.25) is 0 Å². The van der Waals surface area contributed by atoms with Crippen LogP contribution < -0.4 is 4.74 Å². The maximum absolute atomic E-state index is 5.15. The summed E-state index contributed by atoms with van der Waals surface area (Å²) in [5.41, 5.74) is 2.11. The summed E-state index contributed by atoms with van der Waals surface area (Å²) in [5.74, 6) is 0.866. The van der Waals surface area contributed by atoms with Crippen molar-refractivity contribution in [1.82, 2.24) is 4.98 Å². The molecule has 98 valence electrons. The van der Waals surface area contributed by atoms with Gasteiger partial charge >= 0.3 is 0 Å². The van der Waals surface area contributed by atoms with E-state index in [1.54, 1.807) is 7.11 Å². The van der Waals surface area contributed by atoms with E-state index in [0.717, 1.165) is 17.0 Å². The zero-order valence-corrected chi connectivity index (χ0v) is 11.3. The van der Waals surface area contributed by atoms with Gasteiger partial charge in [0.15, 0.2) is 0 Å². The van der Waals surface area contributed by atoms with Crippen LogP contribution in [0.5, 0.6) is 5.75 Å². The van der Waals surface area contributed by atoms with Crippen molar-refractivity contribution in [3.8, 4) is 5.75 Å². The highest BCUT2D eigenvalue weighted by Crippen LogP contribution is 2.19. The number of hydrogen-bond donors (Lipinski definition) is 0. The van der Waals surface area contributed by atoms with Gasteiger partial charge in [-0.3, -0.25) is 4.98 Å². The lowest BCUT2D eigenvalue weighted by molar-refractivity contribution is 0.415. The fraction of sp³-hybridized carbons (Fsp3) is 0.0556. The van der Waals surface area contributed by atoms with E-state index in [0.29, 0.717) is 0 Å². The molecule has 0 atom stereocenters. The third-order valence-corrected chi connectivity index (χ3v) is 3.25. The quantitative estimate of drug-likeness (QED) is 0.696. The molecule has 0 fully saturated rings. The SMILES string of the molecule is COc1ccc(/C=C/c2nccc3ccccc23)cc1. The maximum Gasteiger partial charge on any atom is 0.118 e. The van der Waals surface area contributed by atoms with Gasteiger partial charge < -0.3 is 4.74 Å². The Hall–Kier alpha value is -2.61. The molecule has 3 rings (SSSR count). The van der Waals surface area contributed by atoms with Gasteiger partial charge in [0.05, 0.1) is 12.8 Å². The molecule has 0 saturated heterocycles. The normalized spacial score (nSPS) is 11.1. The molecular formula is C18H15NO. The molecule has 0 N–H and O–H groups in total. The van der Waals surface area contributed by atoms with E-state index in [1.165, 1.54) is 10.8 Å². The van der Waals surface area contributed by atoms with E-state index in [1.807, 2.05) is 54.7 Å². The summed E-state index contributed by atoms with van der Waals surface area (Å²) >= 11 is 0. The molecule has 0 unspecified atom stereocenters. The molecule has 0 radical (unpaired) electrons. The van der Waals surface area contributed by atoms with Crippen molar-refractivity contribution in [1.29, 1.82) is 0 Å². The Balaban J connectivity index is 1.93. The first-order valence-corrected chi connectivity index (χ1v) is 6.53. The van der Waals surface area contributed by atoms with Crippen LogP contribution in [0.1, 0.15) is 11.3 Å². The Labute approximate surface area is 118 Å². The van der Waals surface area contributed by atoms with Gasteiger partial charge in [-0.1, -0.05) is 42.5 Å². The van der Waals surface area contributed by atoms with Crippen molar-refractivity contribution in [2.75, 3.05) is 7.11 Å². The van der Waals surface area contributed by atoms with Gasteiger partial charge in [0.1, 0.15) is 5.75 Å². The third kappa shape index (κ3) is 2.54. The number of ether oxygens (including phenoxy) is 1. The lowest BCUT2D eigenvalue weighted by atomic mass is 10.1. The number of fused-ring (bicyclic) bond motifs is 1. The fourth-order valence-corrected chi connectivity index (χ4v) is 2.17.